The molecule has 0 bridgehead atoms. The minimum absolute atomic E-state index is 0.226. The van der Waals surface area contributed by atoms with Crippen LogP contribution in [0, 0.1) is 0 Å². The van der Waals surface area contributed by atoms with E-state index in [2.05, 4.69) is 10.6 Å². The maximum atomic E-state index is 12.0. The van der Waals surface area contributed by atoms with Crippen LogP contribution in [0.2, 0.25) is 5.02 Å². The molecule has 0 fully saturated rings. The first-order chi connectivity index (χ1) is 11.5. The molecule has 0 heterocycles. The standard InChI is InChI=1S/C17H17ClN2O3S/c1-24(23)15-8-4-13(5-9-15)17(22)20-11-10-19-16(21)12-2-6-14(18)7-3-12/h2-9H,10-11H2,1H3,(H,19,21)(H,20,22). The monoisotopic (exact) mass is 364 g/mol. The van der Waals surface area contributed by atoms with Gasteiger partial charge in [0, 0.05) is 51.2 Å². The van der Waals surface area contributed by atoms with Crippen molar-refractivity contribution < 1.29 is 13.8 Å². The molecule has 0 spiro atoms. The lowest BCUT2D eigenvalue weighted by Gasteiger charge is -2.08. The van der Waals surface area contributed by atoms with E-state index in [9.17, 15) is 13.8 Å². The van der Waals surface area contributed by atoms with E-state index >= 15 is 0 Å². The van der Waals surface area contributed by atoms with Crippen molar-refractivity contribution in [3.05, 3.63) is 64.7 Å². The Morgan fingerprint density at radius 3 is 1.71 bits per heavy atom. The second-order valence-corrected chi connectivity index (χ2v) is 6.81. The molecular formula is C17H17ClN2O3S. The molecule has 0 radical (unpaired) electrons. The molecule has 5 nitrogen and oxygen atoms in total. The topological polar surface area (TPSA) is 75.3 Å². The predicted molar refractivity (Wildman–Crippen MR) is 94.9 cm³/mol. The van der Waals surface area contributed by atoms with Gasteiger partial charge in [0.05, 0.1) is 0 Å². The molecule has 24 heavy (non-hydrogen) atoms. The van der Waals surface area contributed by atoms with Crippen molar-refractivity contribution in [3.63, 3.8) is 0 Å². The van der Waals surface area contributed by atoms with Crippen molar-refractivity contribution in [3.8, 4) is 0 Å². The number of benzene rings is 2. The number of rotatable bonds is 6. The predicted octanol–water partition coefficient (Wildman–Crippen LogP) is 2.24. The van der Waals surface area contributed by atoms with Crippen LogP contribution in [0.15, 0.2) is 53.4 Å². The second kappa shape index (κ2) is 8.61. The molecule has 0 aliphatic heterocycles. The molecule has 2 amide bonds. The quantitative estimate of drug-likeness (QED) is 0.772. The summed E-state index contributed by atoms with van der Waals surface area (Å²) < 4.78 is 11.3. The highest BCUT2D eigenvalue weighted by molar-refractivity contribution is 7.84. The van der Waals surface area contributed by atoms with Gasteiger partial charge < -0.3 is 10.6 Å². The number of carbonyl (C=O) groups excluding carboxylic acids is 2. The molecule has 0 saturated heterocycles. The van der Waals surface area contributed by atoms with Gasteiger partial charge in [-0.05, 0) is 48.5 Å². The Hall–Kier alpha value is -2.18. The lowest BCUT2D eigenvalue weighted by atomic mass is 10.2. The Kier molecular flexibility index (Phi) is 6.52. The molecule has 7 heteroatoms. The molecule has 2 rings (SSSR count). The number of amides is 2. The maximum Gasteiger partial charge on any atom is 0.251 e. The first-order valence-electron chi connectivity index (χ1n) is 7.23. The van der Waals surface area contributed by atoms with Crippen LogP contribution < -0.4 is 10.6 Å². The van der Waals surface area contributed by atoms with Gasteiger partial charge >= 0.3 is 0 Å². The fraction of sp³-hybridized carbons (Fsp3) is 0.176. The second-order valence-electron chi connectivity index (χ2n) is 5.00. The molecule has 0 aromatic heterocycles. The third-order valence-electron chi connectivity index (χ3n) is 3.25. The summed E-state index contributed by atoms with van der Waals surface area (Å²) >= 11 is 5.77. The van der Waals surface area contributed by atoms with Gasteiger partial charge in [0.2, 0.25) is 0 Å². The van der Waals surface area contributed by atoms with Crippen LogP contribution in [0.5, 0.6) is 0 Å². The van der Waals surface area contributed by atoms with Crippen LogP contribution in [0.1, 0.15) is 20.7 Å². The highest BCUT2D eigenvalue weighted by Crippen LogP contribution is 2.09. The third kappa shape index (κ3) is 5.18. The molecule has 2 aromatic rings. The summed E-state index contributed by atoms with van der Waals surface area (Å²) in [7, 11) is -1.07. The fourth-order valence-corrected chi connectivity index (χ4v) is 2.60. The highest BCUT2D eigenvalue weighted by Gasteiger charge is 2.07. The van der Waals surface area contributed by atoms with Crippen LogP contribution in [-0.2, 0) is 10.8 Å². The SMILES string of the molecule is CS(=O)c1ccc(C(=O)NCCNC(=O)c2ccc(Cl)cc2)cc1. The Morgan fingerprint density at radius 1 is 0.875 bits per heavy atom. The number of hydrogen-bond acceptors (Lipinski definition) is 3. The van der Waals surface area contributed by atoms with Crippen molar-refractivity contribution in [1.29, 1.82) is 0 Å². The molecule has 1 unspecified atom stereocenters. The first-order valence-corrected chi connectivity index (χ1v) is 9.16. The van der Waals surface area contributed by atoms with Crippen LogP contribution in [-0.4, -0.2) is 35.4 Å². The van der Waals surface area contributed by atoms with E-state index in [1.165, 1.54) is 0 Å². The molecular weight excluding hydrogens is 348 g/mol. The Morgan fingerprint density at radius 2 is 1.29 bits per heavy atom. The maximum absolute atomic E-state index is 12.0. The van der Waals surface area contributed by atoms with Gasteiger partial charge in [-0.1, -0.05) is 11.6 Å². The third-order valence-corrected chi connectivity index (χ3v) is 4.44. The van der Waals surface area contributed by atoms with E-state index in [1.54, 1.807) is 54.8 Å². The molecule has 2 aromatic carbocycles. The van der Waals surface area contributed by atoms with E-state index in [4.69, 9.17) is 11.6 Å². The Balaban J connectivity index is 1.77. The Bertz CT molecular complexity index is 745. The van der Waals surface area contributed by atoms with Gasteiger partial charge in [0.1, 0.15) is 0 Å². The Labute approximate surface area is 147 Å². The van der Waals surface area contributed by atoms with E-state index < -0.39 is 10.8 Å². The van der Waals surface area contributed by atoms with E-state index in [0.29, 0.717) is 34.1 Å². The molecule has 0 aliphatic carbocycles. The van der Waals surface area contributed by atoms with Crippen molar-refractivity contribution in [2.45, 2.75) is 4.90 Å². The zero-order valence-electron chi connectivity index (χ0n) is 13.0. The summed E-state index contributed by atoms with van der Waals surface area (Å²) in [5, 5.41) is 5.99. The van der Waals surface area contributed by atoms with Gasteiger partial charge in [0.15, 0.2) is 0 Å². The van der Waals surface area contributed by atoms with Crippen molar-refractivity contribution >= 4 is 34.2 Å². The number of carbonyl (C=O) groups is 2. The number of nitrogens with one attached hydrogen (secondary N) is 2. The smallest absolute Gasteiger partial charge is 0.251 e. The van der Waals surface area contributed by atoms with E-state index in [1.807, 2.05) is 0 Å². The van der Waals surface area contributed by atoms with Crippen molar-refractivity contribution in [1.82, 2.24) is 10.6 Å². The zero-order valence-corrected chi connectivity index (χ0v) is 14.6. The van der Waals surface area contributed by atoms with E-state index in [0.717, 1.165) is 0 Å². The average Bonchev–Trinajstić information content (AvgIpc) is 2.59. The molecule has 1 atom stereocenters. The van der Waals surface area contributed by atoms with Crippen LogP contribution in [0.25, 0.3) is 0 Å². The average molecular weight is 365 g/mol. The lowest BCUT2D eigenvalue weighted by Crippen LogP contribution is -2.34. The van der Waals surface area contributed by atoms with Gasteiger partial charge in [-0.3, -0.25) is 13.8 Å². The molecule has 126 valence electrons. The minimum Gasteiger partial charge on any atom is -0.350 e. The van der Waals surface area contributed by atoms with E-state index in [-0.39, 0.29) is 11.8 Å². The normalized spacial score (nSPS) is 11.6. The lowest BCUT2D eigenvalue weighted by molar-refractivity contribution is 0.0927. The number of hydrogen-bond donors (Lipinski definition) is 2. The molecule has 0 saturated carbocycles. The minimum atomic E-state index is -1.07. The summed E-state index contributed by atoms with van der Waals surface area (Å²) in [6.45, 7) is 0.615. The summed E-state index contributed by atoms with van der Waals surface area (Å²) in [5.41, 5.74) is 0.988. The van der Waals surface area contributed by atoms with Gasteiger partial charge in [-0.25, -0.2) is 0 Å². The molecule has 0 aliphatic rings. The van der Waals surface area contributed by atoms with Crippen molar-refractivity contribution in [2.75, 3.05) is 19.3 Å². The van der Waals surface area contributed by atoms with Crippen LogP contribution in [0.4, 0.5) is 0 Å². The molecule has 2 N–H and O–H groups in total. The summed E-state index contributed by atoms with van der Waals surface area (Å²) in [4.78, 5) is 24.5. The highest BCUT2D eigenvalue weighted by atomic mass is 35.5. The number of halogens is 1. The fourth-order valence-electron chi connectivity index (χ4n) is 1.96. The zero-order chi connectivity index (χ0) is 17.5. The summed E-state index contributed by atoms with van der Waals surface area (Å²) in [5.74, 6) is -0.472. The van der Waals surface area contributed by atoms with Crippen LogP contribution in [0.3, 0.4) is 0 Å². The summed E-state index contributed by atoms with van der Waals surface area (Å²) in [6, 6.07) is 13.1. The van der Waals surface area contributed by atoms with Crippen LogP contribution >= 0.6 is 11.6 Å². The summed E-state index contributed by atoms with van der Waals surface area (Å²) in [6.07, 6.45) is 1.58. The first kappa shape index (κ1) is 18.2. The largest absolute Gasteiger partial charge is 0.350 e. The van der Waals surface area contributed by atoms with Gasteiger partial charge in [0.25, 0.3) is 11.8 Å². The van der Waals surface area contributed by atoms with Crippen molar-refractivity contribution in [2.24, 2.45) is 0 Å². The van der Waals surface area contributed by atoms with Gasteiger partial charge in [-0.15, -0.1) is 0 Å². The van der Waals surface area contributed by atoms with Gasteiger partial charge in [-0.2, -0.15) is 0 Å².